The highest BCUT2D eigenvalue weighted by Gasteiger charge is 2.28. The summed E-state index contributed by atoms with van der Waals surface area (Å²) >= 11 is 0. The van der Waals surface area contributed by atoms with Crippen LogP contribution in [0.25, 0.3) is 22.3 Å². The highest BCUT2D eigenvalue weighted by atomic mass is 16.2. The van der Waals surface area contributed by atoms with Crippen LogP contribution in [0.1, 0.15) is 68.5 Å². The molecule has 18 nitrogen and oxygen atoms in total. The Morgan fingerprint density at radius 1 is 0.840 bits per heavy atom. The van der Waals surface area contributed by atoms with Gasteiger partial charge in [0, 0.05) is 48.7 Å². The molecule has 7 rings (SSSR count). The number of hydrogen-bond acceptors (Lipinski definition) is 11. The number of rotatable bonds is 13. The number of allylic oxidation sites excluding steroid dienone is 3. The lowest BCUT2D eigenvalue weighted by molar-refractivity contribution is -0.113. The summed E-state index contributed by atoms with van der Waals surface area (Å²) in [7, 11) is 0. The summed E-state index contributed by atoms with van der Waals surface area (Å²) in [6.45, 7) is 0.330. The molecule has 0 radical (unpaired) electrons. The summed E-state index contributed by atoms with van der Waals surface area (Å²) in [5.74, 6) is -1.73. The van der Waals surface area contributed by atoms with Crippen LogP contribution in [0.3, 0.4) is 0 Å². The van der Waals surface area contributed by atoms with Gasteiger partial charge in [0.15, 0.2) is 17.0 Å². The molecule has 2 aliphatic carbocycles. The van der Waals surface area contributed by atoms with E-state index in [2.05, 4.69) is 40.8 Å². The second-order valence-corrected chi connectivity index (χ2v) is 12.1. The van der Waals surface area contributed by atoms with E-state index in [1.165, 1.54) is 30.6 Å². The molecule has 0 aliphatic heterocycles. The van der Waals surface area contributed by atoms with Crippen molar-refractivity contribution < 1.29 is 19.2 Å². The van der Waals surface area contributed by atoms with Crippen molar-refractivity contribution in [3.63, 3.8) is 0 Å². The quantitative estimate of drug-likeness (QED) is 0.0538. The second-order valence-electron chi connectivity index (χ2n) is 12.1. The summed E-state index contributed by atoms with van der Waals surface area (Å²) in [4.78, 5) is 67.5. The molecular formula is C32H32N14O4. The summed E-state index contributed by atoms with van der Waals surface area (Å²) < 4.78 is 3.25. The molecule has 5 heterocycles. The summed E-state index contributed by atoms with van der Waals surface area (Å²) in [5.41, 5.74) is 19.8. The first-order valence-corrected chi connectivity index (χ1v) is 15.8. The Morgan fingerprint density at radius 3 is 1.92 bits per heavy atom. The molecule has 2 saturated carbocycles. The number of aromatic nitrogens is 8. The third-order valence-electron chi connectivity index (χ3n) is 8.37. The predicted octanol–water partition coefficient (Wildman–Crippen LogP) is 1.69. The molecule has 0 atom stereocenters. The highest BCUT2D eigenvalue weighted by Crippen LogP contribution is 2.39. The van der Waals surface area contributed by atoms with Crippen molar-refractivity contribution in [2.75, 3.05) is 10.6 Å². The smallest absolute Gasteiger partial charge is 0.278 e. The summed E-state index contributed by atoms with van der Waals surface area (Å²) in [5, 5.41) is 20.6. The number of fused-ring (bicyclic) bond motifs is 2. The SMILES string of the molecule is N=C(/C=C(\N)C(=O)Nc1nc2cc(C(N)=O)cnc2n1C/C=C/Cn1c(NC(=O)c2cc(C3CC3)[nH]n2)nc2cc(C(N)=O)cnc21)C1CC1. The standard InChI is InChI=1S/C32H32N14O4/c33-19(15-3-4-15)11-20(34)29(49)41-31-39-22-9-17(25(35)47)13-37-27(22)45(31)7-1-2-8-46-28-23(10-18(14-38-28)26(36)48)40-32(46)42-30(50)24-12-21(43-44-24)16-5-6-16/h1-2,9-16,33H,3-8,34H2,(H2,35,47)(H2,36,48)(H,43,44)(H,39,41,49)(H,40,42,50)/b2-1+,20-11-,33-19?. The molecule has 50 heavy (non-hydrogen) atoms. The third-order valence-corrected chi connectivity index (χ3v) is 8.37. The van der Waals surface area contributed by atoms with Gasteiger partial charge in [-0.25, -0.2) is 19.9 Å². The fraction of sp³-hybridized carbons (Fsp3) is 0.250. The molecule has 0 saturated heterocycles. The largest absolute Gasteiger partial charge is 0.394 e. The molecule has 254 valence electrons. The van der Waals surface area contributed by atoms with Gasteiger partial charge in [-0.1, -0.05) is 12.2 Å². The van der Waals surface area contributed by atoms with Crippen molar-refractivity contribution in [3.05, 3.63) is 77.0 Å². The van der Waals surface area contributed by atoms with Crippen LogP contribution < -0.4 is 27.8 Å². The van der Waals surface area contributed by atoms with E-state index in [0.717, 1.165) is 31.4 Å². The number of hydrogen-bond donors (Lipinski definition) is 7. The molecule has 10 N–H and O–H groups in total. The average Bonchev–Trinajstić information content (AvgIpc) is 4.01. The minimum Gasteiger partial charge on any atom is -0.394 e. The van der Waals surface area contributed by atoms with E-state index in [4.69, 9.17) is 22.6 Å². The summed E-state index contributed by atoms with van der Waals surface area (Å²) in [6, 6.07) is 4.68. The first-order valence-electron chi connectivity index (χ1n) is 15.8. The number of imidazole rings is 2. The summed E-state index contributed by atoms with van der Waals surface area (Å²) in [6.07, 6.45) is 11.4. The van der Waals surface area contributed by atoms with Gasteiger partial charge >= 0.3 is 0 Å². The van der Waals surface area contributed by atoms with Gasteiger partial charge in [0.25, 0.3) is 11.8 Å². The Morgan fingerprint density at radius 2 is 1.40 bits per heavy atom. The predicted molar refractivity (Wildman–Crippen MR) is 181 cm³/mol. The molecule has 4 amide bonds. The van der Waals surface area contributed by atoms with Crippen molar-refractivity contribution in [2.24, 2.45) is 23.1 Å². The zero-order valence-corrected chi connectivity index (χ0v) is 26.5. The first kappa shape index (κ1) is 31.9. The van der Waals surface area contributed by atoms with Crippen LogP contribution in [0, 0.1) is 11.3 Å². The molecule has 0 aromatic carbocycles. The van der Waals surface area contributed by atoms with E-state index in [9.17, 15) is 19.2 Å². The van der Waals surface area contributed by atoms with Gasteiger partial charge in [-0.05, 0) is 50.0 Å². The maximum absolute atomic E-state index is 13.2. The van der Waals surface area contributed by atoms with E-state index < -0.39 is 23.6 Å². The fourth-order valence-corrected chi connectivity index (χ4v) is 5.33. The fourth-order valence-electron chi connectivity index (χ4n) is 5.33. The van der Waals surface area contributed by atoms with Gasteiger partial charge in [0.1, 0.15) is 11.0 Å². The van der Waals surface area contributed by atoms with Gasteiger partial charge in [0.05, 0.1) is 16.8 Å². The average molecular weight is 677 g/mol. The van der Waals surface area contributed by atoms with Crippen LogP contribution in [0.15, 0.2) is 54.5 Å². The number of carbonyl (C=O) groups is 4. The van der Waals surface area contributed by atoms with Gasteiger partial charge in [-0.15, -0.1) is 0 Å². The Bertz CT molecular complexity index is 2290. The monoisotopic (exact) mass is 676 g/mol. The maximum atomic E-state index is 13.2. The molecule has 5 aromatic heterocycles. The number of nitrogens with one attached hydrogen (secondary N) is 4. The number of aromatic amines is 1. The minimum atomic E-state index is -0.687. The van der Waals surface area contributed by atoms with Gasteiger partial charge in [0.2, 0.25) is 23.7 Å². The highest BCUT2D eigenvalue weighted by molar-refractivity contribution is 6.09. The Kier molecular flexibility index (Phi) is 8.10. The zero-order chi connectivity index (χ0) is 35.1. The number of nitrogens with zero attached hydrogens (tertiary/aromatic N) is 7. The third kappa shape index (κ3) is 6.53. The topological polar surface area (TPSA) is 284 Å². The number of nitrogens with two attached hydrogens (primary N) is 3. The molecule has 0 bridgehead atoms. The lowest BCUT2D eigenvalue weighted by atomic mass is 10.2. The first-order chi connectivity index (χ1) is 24.0. The van der Waals surface area contributed by atoms with E-state index in [1.54, 1.807) is 27.4 Å². The number of H-pyrrole nitrogens is 1. The van der Waals surface area contributed by atoms with Gasteiger partial charge < -0.3 is 22.6 Å². The van der Waals surface area contributed by atoms with Gasteiger partial charge in [-0.2, -0.15) is 5.10 Å². The molecule has 2 aliphatic rings. The number of primary amides is 2. The van der Waals surface area contributed by atoms with Crippen LogP contribution in [-0.4, -0.2) is 68.6 Å². The van der Waals surface area contributed by atoms with Crippen LogP contribution in [0.2, 0.25) is 0 Å². The number of anilines is 2. The molecule has 18 heteroatoms. The van der Waals surface area contributed by atoms with E-state index in [1.807, 2.05) is 0 Å². The van der Waals surface area contributed by atoms with Crippen LogP contribution in [0.4, 0.5) is 11.9 Å². The van der Waals surface area contributed by atoms with Crippen molar-refractivity contribution in [1.82, 2.24) is 39.3 Å². The van der Waals surface area contributed by atoms with E-state index in [0.29, 0.717) is 28.2 Å². The van der Waals surface area contributed by atoms with Crippen molar-refractivity contribution in [3.8, 4) is 0 Å². The maximum Gasteiger partial charge on any atom is 0.278 e. The number of pyridine rings is 2. The molecule has 5 aromatic rings. The van der Waals surface area contributed by atoms with Crippen molar-refractivity contribution in [1.29, 1.82) is 5.41 Å². The Labute approximate surface area is 282 Å². The lowest BCUT2D eigenvalue weighted by Crippen LogP contribution is -2.23. The zero-order valence-electron chi connectivity index (χ0n) is 26.5. The normalized spacial score (nSPS) is 14.8. The van der Waals surface area contributed by atoms with Crippen LogP contribution in [0.5, 0.6) is 0 Å². The van der Waals surface area contributed by atoms with Crippen LogP contribution in [-0.2, 0) is 17.9 Å². The van der Waals surface area contributed by atoms with E-state index in [-0.39, 0.29) is 59.1 Å². The van der Waals surface area contributed by atoms with Crippen molar-refractivity contribution >= 4 is 63.6 Å². The lowest BCUT2D eigenvalue weighted by Gasteiger charge is -2.09. The van der Waals surface area contributed by atoms with E-state index >= 15 is 0 Å². The Hall–Kier alpha value is -6.72. The van der Waals surface area contributed by atoms with Gasteiger partial charge in [-0.3, -0.25) is 44.0 Å². The number of amides is 4. The molecule has 2 fully saturated rings. The molecule has 0 spiro atoms. The minimum absolute atomic E-state index is 0.101. The Balaban J connectivity index is 1.15. The second kappa shape index (κ2) is 12.7. The number of carbonyl (C=O) groups excluding carboxylic acids is 4. The molecular weight excluding hydrogens is 644 g/mol. The van der Waals surface area contributed by atoms with Crippen LogP contribution >= 0.6 is 0 Å². The van der Waals surface area contributed by atoms with Crippen molar-refractivity contribution in [2.45, 2.75) is 44.7 Å². The molecule has 0 unspecified atom stereocenters.